The van der Waals surface area contributed by atoms with Gasteiger partial charge in [-0.05, 0) is 33.3 Å². The summed E-state index contributed by atoms with van der Waals surface area (Å²) in [5.74, 6) is 0.688. The Balaban J connectivity index is 1.62. The Hall–Kier alpha value is -2.59. The van der Waals surface area contributed by atoms with Gasteiger partial charge in [-0.1, -0.05) is 46.3 Å². The summed E-state index contributed by atoms with van der Waals surface area (Å²) >= 11 is 6.82. The number of tetrazole rings is 1. The average Bonchev–Trinajstić information content (AvgIpc) is 3.10. The number of carbonyl (C=O) groups excluding carboxylic acids is 1. The molecule has 0 saturated carbocycles. The minimum Gasteiger partial charge on any atom is -0.495 e. The highest BCUT2D eigenvalue weighted by Gasteiger charge is 2.10. The van der Waals surface area contributed by atoms with Gasteiger partial charge >= 0.3 is 0 Å². The predicted molar refractivity (Wildman–Crippen MR) is 107 cm³/mol. The average molecular weight is 494 g/mol. The molecule has 138 valence electrons. The Kier molecular flexibility index (Phi) is 6.30. The number of nitrogens with zero attached hydrogens (tertiary/aromatic N) is 5. The molecule has 1 amide bonds. The zero-order valence-electron chi connectivity index (χ0n) is 14.1. The number of amides is 1. The molecule has 3 aromatic rings. The van der Waals surface area contributed by atoms with Gasteiger partial charge in [0.15, 0.2) is 0 Å². The third-order valence-electron chi connectivity index (χ3n) is 3.40. The number of nitrogens with one attached hydrogen (secondary N) is 1. The Morgan fingerprint density at radius 1 is 1.30 bits per heavy atom. The van der Waals surface area contributed by atoms with E-state index in [2.05, 4.69) is 57.8 Å². The van der Waals surface area contributed by atoms with Gasteiger partial charge in [0.05, 0.1) is 17.8 Å². The van der Waals surface area contributed by atoms with Crippen LogP contribution in [-0.2, 0) is 11.3 Å². The van der Waals surface area contributed by atoms with Gasteiger partial charge in [0, 0.05) is 15.6 Å². The Bertz CT molecular complexity index is 975. The molecule has 0 aliphatic rings. The molecular weight excluding hydrogens is 480 g/mol. The first kappa shape index (κ1) is 19.2. The summed E-state index contributed by atoms with van der Waals surface area (Å²) in [7, 11) is 1.56. The number of ether oxygens (including phenoxy) is 1. The number of halogens is 2. The van der Waals surface area contributed by atoms with E-state index in [4.69, 9.17) is 4.74 Å². The van der Waals surface area contributed by atoms with Crippen molar-refractivity contribution in [3.63, 3.8) is 0 Å². The van der Waals surface area contributed by atoms with Crippen molar-refractivity contribution in [1.29, 1.82) is 0 Å². The normalized spacial score (nSPS) is 10.9. The molecule has 1 heterocycles. The molecule has 0 unspecified atom stereocenters. The number of carbonyl (C=O) groups is 1. The minimum absolute atomic E-state index is 0.101. The molecule has 0 bridgehead atoms. The number of hydrazone groups is 1. The van der Waals surface area contributed by atoms with Crippen molar-refractivity contribution in [2.24, 2.45) is 5.10 Å². The third kappa shape index (κ3) is 4.98. The second-order valence-electron chi connectivity index (χ2n) is 5.31. The fraction of sp³-hybridized carbons (Fsp3) is 0.118. The van der Waals surface area contributed by atoms with Gasteiger partial charge in [0.2, 0.25) is 5.82 Å². The van der Waals surface area contributed by atoms with Crippen LogP contribution in [0.1, 0.15) is 5.56 Å². The maximum Gasteiger partial charge on any atom is 0.263 e. The number of benzene rings is 2. The summed E-state index contributed by atoms with van der Waals surface area (Å²) in [6.45, 7) is -0.101. The van der Waals surface area contributed by atoms with E-state index >= 15 is 0 Å². The van der Waals surface area contributed by atoms with Crippen LogP contribution in [0.2, 0.25) is 0 Å². The van der Waals surface area contributed by atoms with Gasteiger partial charge in [0.1, 0.15) is 12.3 Å². The third-order valence-corrected chi connectivity index (χ3v) is 4.45. The van der Waals surface area contributed by atoms with Crippen LogP contribution in [0.3, 0.4) is 0 Å². The van der Waals surface area contributed by atoms with E-state index < -0.39 is 0 Å². The smallest absolute Gasteiger partial charge is 0.263 e. The number of hydrogen-bond acceptors (Lipinski definition) is 6. The molecule has 8 nitrogen and oxygen atoms in total. The van der Waals surface area contributed by atoms with Crippen molar-refractivity contribution in [3.8, 4) is 17.1 Å². The van der Waals surface area contributed by atoms with Crippen molar-refractivity contribution >= 4 is 44.0 Å². The van der Waals surface area contributed by atoms with Gasteiger partial charge in [-0.25, -0.2) is 5.43 Å². The summed E-state index contributed by atoms with van der Waals surface area (Å²) < 4.78 is 6.95. The summed E-state index contributed by atoms with van der Waals surface area (Å²) in [5.41, 5.74) is 3.96. The summed E-state index contributed by atoms with van der Waals surface area (Å²) in [4.78, 5) is 13.2. The molecule has 1 aromatic heterocycles. The summed E-state index contributed by atoms with van der Waals surface area (Å²) in [5, 5.41) is 16.0. The lowest BCUT2D eigenvalue weighted by atomic mass is 10.2. The number of rotatable bonds is 6. The molecule has 1 N–H and O–H groups in total. The fourth-order valence-electron chi connectivity index (χ4n) is 2.24. The molecule has 3 rings (SSSR count). The maximum atomic E-state index is 12.0. The zero-order chi connectivity index (χ0) is 19.2. The van der Waals surface area contributed by atoms with E-state index in [9.17, 15) is 4.79 Å². The lowest BCUT2D eigenvalue weighted by molar-refractivity contribution is -0.122. The van der Waals surface area contributed by atoms with Crippen LogP contribution in [0, 0.1) is 0 Å². The van der Waals surface area contributed by atoms with E-state index in [0.29, 0.717) is 17.1 Å². The summed E-state index contributed by atoms with van der Waals surface area (Å²) in [6, 6.07) is 13.1. The first-order chi connectivity index (χ1) is 13.1. The Morgan fingerprint density at radius 3 is 2.81 bits per heavy atom. The van der Waals surface area contributed by atoms with Crippen molar-refractivity contribution in [3.05, 3.63) is 57.0 Å². The first-order valence-corrected chi connectivity index (χ1v) is 9.33. The molecule has 0 aliphatic heterocycles. The van der Waals surface area contributed by atoms with Crippen molar-refractivity contribution in [2.45, 2.75) is 6.54 Å². The Morgan fingerprint density at radius 2 is 2.07 bits per heavy atom. The minimum atomic E-state index is -0.378. The van der Waals surface area contributed by atoms with Gasteiger partial charge in [-0.2, -0.15) is 9.90 Å². The lowest BCUT2D eigenvalue weighted by Gasteiger charge is -2.07. The van der Waals surface area contributed by atoms with Crippen LogP contribution < -0.4 is 10.2 Å². The van der Waals surface area contributed by atoms with E-state index in [1.54, 1.807) is 7.11 Å². The first-order valence-electron chi connectivity index (χ1n) is 7.75. The van der Waals surface area contributed by atoms with Gasteiger partial charge < -0.3 is 4.74 Å². The highest BCUT2D eigenvalue weighted by molar-refractivity contribution is 9.11. The van der Waals surface area contributed by atoms with E-state index in [0.717, 1.165) is 14.5 Å². The second kappa shape index (κ2) is 8.87. The van der Waals surface area contributed by atoms with Gasteiger partial charge in [-0.3, -0.25) is 4.79 Å². The van der Waals surface area contributed by atoms with Crippen LogP contribution in [0.5, 0.6) is 5.75 Å². The van der Waals surface area contributed by atoms with E-state index in [1.165, 1.54) is 11.0 Å². The molecule has 0 radical (unpaired) electrons. The van der Waals surface area contributed by atoms with Crippen LogP contribution >= 0.6 is 31.9 Å². The van der Waals surface area contributed by atoms with Crippen LogP contribution in [0.4, 0.5) is 0 Å². The van der Waals surface area contributed by atoms with Crippen molar-refractivity contribution in [2.75, 3.05) is 7.11 Å². The Labute approximate surface area is 171 Å². The molecule has 0 saturated heterocycles. The molecule has 10 heteroatoms. The van der Waals surface area contributed by atoms with Crippen LogP contribution in [-0.4, -0.2) is 39.4 Å². The quantitative estimate of drug-likeness (QED) is 0.420. The molecule has 0 aliphatic carbocycles. The number of methoxy groups -OCH3 is 1. The predicted octanol–water partition coefficient (Wildman–Crippen LogP) is 3.02. The van der Waals surface area contributed by atoms with E-state index in [1.807, 2.05) is 42.5 Å². The number of hydrogen-bond donors (Lipinski definition) is 1. The molecule has 27 heavy (non-hydrogen) atoms. The van der Waals surface area contributed by atoms with Crippen LogP contribution in [0.25, 0.3) is 11.4 Å². The van der Waals surface area contributed by atoms with Crippen molar-refractivity contribution < 1.29 is 9.53 Å². The maximum absolute atomic E-state index is 12.0. The van der Waals surface area contributed by atoms with Crippen LogP contribution in [0.15, 0.2) is 56.5 Å². The molecule has 0 fully saturated rings. The number of aromatic nitrogens is 4. The highest BCUT2D eigenvalue weighted by atomic mass is 79.9. The van der Waals surface area contributed by atoms with Gasteiger partial charge in [0.25, 0.3) is 5.91 Å². The standard InChI is InChI=1S/C17H14Br2N6O2/c1-27-16-12(7-13(18)8-14(16)19)9-20-21-15(26)10-25-23-17(22-24-25)11-5-3-2-4-6-11/h2-9H,10H2,1H3,(H,21,26)/b20-9-. The molecule has 2 aromatic carbocycles. The fourth-order valence-corrected chi connectivity index (χ4v) is 3.66. The summed E-state index contributed by atoms with van der Waals surface area (Å²) in [6.07, 6.45) is 1.50. The topological polar surface area (TPSA) is 94.3 Å². The highest BCUT2D eigenvalue weighted by Crippen LogP contribution is 2.31. The van der Waals surface area contributed by atoms with Crippen molar-refractivity contribution in [1.82, 2.24) is 25.6 Å². The lowest BCUT2D eigenvalue weighted by Crippen LogP contribution is -2.24. The SMILES string of the molecule is COc1c(Br)cc(Br)cc1/C=N\NC(=O)Cn1nnc(-c2ccccc2)n1. The van der Waals surface area contributed by atoms with Gasteiger partial charge in [-0.15, -0.1) is 10.2 Å². The monoisotopic (exact) mass is 492 g/mol. The molecule has 0 atom stereocenters. The molecular formula is C17H14Br2N6O2. The molecule has 0 spiro atoms. The largest absolute Gasteiger partial charge is 0.495 e. The second-order valence-corrected chi connectivity index (χ2v) is 7.08. The van der Waals surface area contributed by atoms with E-state index in [-0.39, 0.29) is 12.5 Å². The zero-order valence-corrected chi connectivity index (χ0v) is 17.3.